The Bertz CT molecular complexity index is 461. The van der Waals surface area contributed by atoms with E-state index in [9.17, 15) is 0 Å². The highest BCUT2D eigenvalue weighted by atomic mass is 32.2. The molecule has 0 saturated carbocycles. The highest BCUT2D eigenvalue weighted by molar-refractivity contribution is 7.99. The van der Waals surface area contributed by atoms with Crippen LogP contribution in [0.2, 0.25) is 0 Å². The van der Waals surface area contributed by atoms with E-state index in [0.29, 0.717) is 12.4 Å². The van der Waals surface area contributed by atoms with Gasteiger partial charge in [-0.1, -0.05) is 12.1 Å². The van der Waals surface area contributed by atoms with Crippen molar-refractivity contribution in [3.05, 3.63) is 24.3 Å². The molecule has 1 heterocycles. The molecule has 0 aromatic heterocycles. The molecule has 1 aliphatic heterocycles. The zero-order valence-electron chi connectivity index (χ0n) is 11.7. The molecule has 0 spiro atoms. The van der Waals surface area contributed by atoms with E-state index >= 15 is 0 Å². The molecule has 1 aromatic rings. The standard InChI is InChI=1S/C15H20N2O2S/c1-17(8-4-9-20-10-7-16)11-13-12-18-14-5-2-3-6-15(14)19-13/h2-3,5-6,13H,4,8-12H2,1H3. The van der Waals surface area contributed by atoms with Gasteiger partial charge in [-0.15, -0.1) is 11.8 Å². The molecule has 5 heteroatoms. The fourth-order valence-electron chi connectivity index (χ4n) is 2.15. The third-order valence-corrected chi connectivity index (χ3v) is 3.99. The van der Waals surface area contributed by atoms with Crippen LogP contribution < -0.4 is 9.47 Å². The van der Waals surface area contributed by atoms with Gasteiger partial charge in [0.1, 0.15) is 12.7 Å². The molecule has 1 atom stereocenters. The van der Waals surface area contributed by atoms with Crippen LogP contribution in [-0.2, 0) is 0 Å². The van der Waals surface area contributed by atoms with Gasteiger partial charge in [-0.3, -0.25) is 0 Å². The highest BCUT2D eigenvalue weighted by Crippen LogP contribution is 2.30. The van der Waals surface area contributed by atoms with Crippen molar-refractivity contribution < 1.29 is 9.47 Å². The van der Waals surface area contributed by atoms with Crippen LogP contribution in [0.4, 0.5) is 0 Å². The van der Waals surface area contributed by atoms with Gasteiger partial charge in [-0.05, 0) is 37.9 Å². The van der Waals surface area contributed by atoms with E-state index in [1.165, 1.54) is 0 Å². The number of fused-ring (bicyclic) bond motifs is 1. The lowest BCUT2D eigenvalue weighted by atomic mass is 10.2. The molecule has 108 valence electrons. The number of thioether (sulfide) groups is 1. The summed E-state index contributed by atoms with van der Waals surface area (Å²) in [5, 5.41) is 8.46. The van der Waals surface area contributed by atoms with Crippen LogP contribution in [-0.4, -0.2) is 49.3 Å². The van der Waals surface area contributed by atoms with E-state index in [-0.39, 0.29) is 6.10 Å². The topological polar surface area (TPSA) is 45.5 Å². The van der Waals surface area contributed by atoms with Gasteiger partial charge in [-0.25, -0.2) is 0 Å². The lowest BCUT2D eigenvalue weighted by molar-refractivity contribution is 0.0656. The van der Waals surface area contributed by atoms with E-state index in [1.807, 2.05) is 24.3 Å². The molecular formula is C15H20N2O2S. The van der Waals surface area contributed by atoms with Gasteiger partial charge in [0.2, 0.25) is 0 Å². The molecule has 0 aliphatic carbocycles. The normalized spacial score (nSPS) is 16.9. The summed E-state index contributed by atoms with van der Waals surface area (Å²) >= 11 is 1.69. The van der Waals surface area contributed by atoms with E-state index < -0.39 is 0 Å². The number of nitriles is 1. The molecule has 0 saturated heterocycles. The maximum atomic E-state index is 8.46. The number of likely N-dealkylation sites (N-methyl/N-ethyl adjacent to an activating group) is 1. The summed E-state index contributed by atoms with van der Waals surface area (Å²) in [4.78, 5) is 2.26. The summed E-state index contributed by atoms with van der Waals surface area (Å²) in [6.07, 6.45) is 1.18. The minimum Gasteiger partial charge on any atom is -0.486 e. The van der Waals surface area contributed by atoms with Crippen molar-refractivity contribution in [2.45, 2.75) is 12.5 Å². The second-order valence-electron chi connectivity index (χ2n) is 4.82. The van der Waals surface area contributed by atoms with Crippen molar-refractivity contribution in [2.24, 2.45) is 0 Å². The zero-order valence-corrected chi connectivity index (χ0v) is 12.6. The molecule has 1 aliphatic rings. The smallest absolute Gasteiger partial charge is 0.161 e. The monoisotopic (exact) mass is 292 g/mol. The molecule has 1 unspecified atom stereocenters. The number of rotatable bonds is 7. The molecule has 4 nitrogen and oxygen atoms in total. The zero-order chi connectivity index (χ0) is 14.2. The molecular weight excluding hydrogens is 272 g/mol. The minimum absolute atomic E-state index is 0.0849. The van der Waals surface area contributed by atoms with E-state index in [0.717, 1.165) is 36.8 Å². The van der Waals surface area contributed by atoms with Gasteiger partial charge >= 0.3 is 0 Å². The highest BCUT2D eigenvalue weighted by Gasteiger charge is 2.21. The van der Waals surface area contributed by atoms with Gasteiger partial charge in [0, 0.05) is 6.54 Å². The summed E-state index contributed by atoms with van der Waals surface area (Å²) in [5.41, 5.74) is 0. The van der Waals surface area contributed by atoms with E-state index in [1.54, 1.807) is 11.8 Å². The average Bonchev–Trinajstić information content (AvgIpc) is 2.47. The quantitative estimate of drug-likeness (QED) is 0.722. The lowest BCUT2D eigenvalue weighted by Gasteiger charge is -2.29. The second-order valence-corrected chi connectivity index (χ2v) is 5.93. The Kier molecular flexibility index (Phi) is 6.03. The number of nitrogens with zero attached hydrogens (tertiary/aromatic N) is 2. The van der Waals surface area contributed by atoms with Crippen LogP contribution in [0, 0.1) is 11.3 Å². The lowest BCUT2D eigenvalue weighted by Crippen LogP contribution is -2.39. The summed E-state index contributed by atoms with van der Waals surface area (Å²) in [7, 11) is 2.10. The van der Waals surface area contributed by atoms with Crippen LogP contribution >= 0.6 is 11.8 Å². The molecule has 1 aromatic carbocycles. The Morgan fingerprint density at radius 2 is 2.20 bits per heavy atom. The second kappa shape index (κ2) is 8.03. The van der Waals surface area contributed by atoms with Crippen molar-refractivity contribution in [3.63, 3.8) is 0 Å². The molecule has 20 heavy (non-hydrogen) atoms. The maximum Gasteiger partial charge on any atom is 0.161 e. The Morgan fingerprint density at radius 1 is 1.40 bits per heavy atom. The fraction of sp³-hybridized carbons (Fsp3) is 0.533. The molecule has 0 N–H and O–H groups in total. The molecule has 0 fully saturated rings. The van der Waals surface area contributed by atoms with Crippen LogP contribution in [0.15, 0.2) is 24.3 Å². The van der Waals surface area contributed by atoms with Crippen LogP contribution in [0.5, 0.6) is 11.5 Å². The Hall–Kier alpha value is -1.38. The predicted molar refractivity (Wildman–Crippen MR) is 81.4 cm³/mol. The molecule has 0 radical (unpaired) electrons. The number of hydrogen-bond acceptors (Lipinski definition) is 5. The summed E-state index contributed by atoms with van der Waals surface area (Å²) in [6.45, 7) is 2.47. The first-order chi connectivity index (χ1) is 9.79. The molecule has 0 bridgehead atoms. The number of hydrogen-bond donors (Lipinski definition) is 0. The Balaban J connectivity index is 1.68. The molecule has 0 amide bonds. The third kappa shape index (κ3) is 4.62. The van der Waals surface area contributed by atoms with Crippen molar-refractivity contribution in [1.82, 2.24) is 4.90 Å². The first-order valence-electron chi connectivity index (χ1n) is 6.81. The van der Waals surface area contributed by atoms with Gasteiger partial charge in [0.05, 0.1) is 11.8 Å². The number of benzene rings is 1. The summed E-state index contributed by atoms with van der Waals surface area (Å²) in [5.74, 6) is 3.28. The van der Waals surface area contributed by atoms with Crippen molar-refractivity contribution >= 4 is 11.8 Å². The van der Waals surface area contributed by atoms with Crippen molar-refractivity contribution in [1.29, 1.82) is 5.26 Å². The minimum atomic E-state index is 0.0849. The van der Waals surface area contributed by atoms with Crippen LogP contribution in [0.3, 0.4) is 0 Å². The predicted octanol–water partition coefficient (Wildman–Crippen LogP) is 2.41. The van der Waals surface area contributed by atoms with Crippen molar-refractivity contribution in [2.75, 3.05) is 38.2 Å². The average molecular weight is 292 g/mol. The first-order valence-corrected chi connectivity index (χ1v) is 7.97. The van der Waals surface area contributed by atoms with Crippen LogP contribution in [0.25, 0.3) is 0 Å². The largest absolute Gasteiger partial charge is 0.486 e. The van der Waals surface area contributed by atoms with E-state index in [4.69, 9.17) is 14.7 Å². The van der Waals surface area contributed by atoms with Gasteiger partial charge in [0.25, 0.3) is 0 Å². The Labute approximate surface area is 124 Å². The Morgan fingerprint density at radius 3 is 3.00 bits per heavy atom. The molecule has 2 rings (SSSR count). The van der Waals surface area contributed by atoms with E-state index in [2.05, 4.69) is 18.0 Å². The van der Waals surface area contributed by atoms with Gasteiger partial charge in [0.15, 0.2) is 11.5 Å². The number of para-hydroxylation sites is 2. The maximum absolute atomic E-state index is 8.46. The fourth-order valence-corrected chi connectivity index (χ4v) is 2.72. The van der Waals surface area contributed by atoms with Gasteiger partial charge in [-0.2, -0.15) is 5.26 Å². The van der Waals surface area contributed by atoms with Crippen molar-refractivity contribution in [3.8, 4) is 17.6 Å². The SMILES string of the molecule is CN(CCCSCC#N)CC1COc2ccccc2O1. The van der Waals surface area contributed by atoms with Crippen LogP contribution in [0.1, 0.15) is 6.42 Å². The summed E-state index contributed by atoms with van der Waals surface area (Å²) < 4.78 is 11.6. The number of ether oxygens (including phenoxy) is 2. The third-order valence-electron chi connectivity index (χ3n) is 3.08. The summed E-state index contributed by atoms with van der Waals surface area (Å²) in [6, 6.07) is 9.93. The van der Waals surface area contributed by atoms with Gasteiger partial charge < -0.3 is 14.4 Å². The first kappa shape index (κ1) is 15.0.